The molecule has 0 radical (unpaired) electrons. The number of rotatable bonds is 2. The Balaban J connectivity index is 1.68. The molecule has 3 rings (SSSR count). The summed E-state index contributed by atoms with van der Waals surface area (Å²) in [5.41, 5.74) is 2.47. The molecule has 1 aliphatic heterocycles. The minimum Gasteiger partial charge on any atom is -0.309 e. The average molecular weight is 288 g/mol. The molecular weight excluding hydrogens is 274 g/mol. The normalized spacial score (nSPS) is 17.4. The topological polar surface area (TPSA) is 54.0 Å². The van der Waals surface area contributed by atoms with E-state index in [4.69, 9.17) is 11.6 Å². The van der Waals surface area contributed by atoms with Gasteiger partial charge in [-0.3, -0.25) is 4.79 Å². The van der Waals surface area contributed by atoms with Gasteiger partial charge in [0, 0.05) is 12.7 Å². The average Bonchev–Trinajstić information content (AvgIpc) is 2.49. The Labute approximate surface area is 122 Å². The molecule has 20 heavy (non-hydrogen) atoms. The van der Waals surface area contributed by atoms with E-state index in [0.717, 1.165) is 0 Å². The Morgan fingerprint density at radius 1 is 1.25 bits per heavy atom. The van der Waals surface area contributed by atoms with E-state index < -0.39 is 0 Å². The molecule has 0 unspecified atom stereocenters. The number of hydrogen-bond acceptors (Lipinski definition) is 3. The molecule has 1 aromatic heterocycles. The van der Waals surface area contributed by atoms with Gasteiger partial charge in [0.2, 0.25) is 5.91 Å². The monoisotopic (exact) mass is 287 g/mol. The smallest absolute Gasteiger partial charge is 0.243 e. The number of pyridine rings is 1. The van der Waals surface area contributed by atoms with Crippen LogP contribution in [-0.2, 0) is 17.8 Å². The van der Waals surface area contributed by atoms with Crippen molar-refractivity contribution in [3.63, 3.8) is 0 Å². The standard InChI is InChI=1S/C15H14ClN3O/c16-12-5-6-14(18-9-12)19-15(20)13-7-10-3-1-2-4-11(10)8-17-13/h1-6,9,13,17H,7-8H2,(H,18,19,20)/t13-/m1/s1. The first-order valence-electron chi connectivity index (χ1n) is 6.45. The molecule has 5 heteroatoms. The number of aromatic nitrogens is 1. The van der Waals surface area contributed by atoms with Crippen LogP contribution in [0.2, 0.25) is 5.02 Å². The van der Waals surface area contributed by atoms with Gasteiger partial charge in [0.25, 0.3) is 0 Å². The second-order valence-electron chi connectivity index (χ2n) is 4.76. The third-order valence-electron chi connectivity index (χ3n) is 3.38. The van der Waals surface area contributed by atoms with Crippen molar-refractivity contribution in [3.05, 3.63) is 58.7 Å². The van der Waals surface area contributed by atoms with Gasteiger partial charge >= 0.3 is 0 Å². The third kappa shape index (κ3) is 2.81. The van der Waals surface area contributed by atoms with Gasteiger partial charge in [-0.15, -0.1) is 0 Å². The van der Waals surface area contributed by atoms with Gasteiger partial charge < -0.3 is 10.6 Å². The van der Waals surface area contributed by atoms with Crippen LogP contribution >= 0.6 is 11.6 Å². The number of hydrogen-bond donors (Lipinski definition) is 2. The molecule has 1 aliphatic rings. The van der Waals surface area contributed by atoms with Crippen LogP contribution in [0.25, 0.3) is 0 Å². The zero-order valence-corrected chi connectivity index (χ0v) is 11.5. The van der Waals surface area contributed by atoms with Gasteiger partial charge in [-0.25, -0.2) is 4.98 Å². The number of carbonyl (C=O) groups excluding carboxylic acids is 1. The van der Waals surface area contributed by atoms with Gasteiger partial charge in [-0.2, -0.15) is 0 Å². The van der Waals surface area contributed by atoms with Gasteiger partial charge in [0.05, 0.1) is 11.1 Å². The van der Waals surface area contributed by atoms with E-state index >= 15 is 0 Å². The second-order valence-corrected chi connectivity index (χ2v) is 5.19. The largest absolute Gasteiger partial charge is 0.309 e. The highest BCUT2D eigenvalue weighted by Crippen LogP contribution is 2.17. The zero-order chi connectivity index (χ0) is 13.9. The number of benzene rings is 1. The second kappa shape index (κ2) is 5.61. The molecule has 0 saturated carbocycles. The summed E-state index contributed by atoms with van der Waals surface area (Å²) in [5.74, 6) is 0.439. The van der Waals surface area contributed by atoms with Crippen LogP contribution in [0.3, 0.4) is 0 Å². The van der Waals surface area contributed by atoms with Crippen LogP contribution in [0.5, 0.6) is 0 Å². The molecule has 0 spiro atoms. The number of fused-ring (bicyclic) bond motifs is 1. The Morgan fingerprint density at radius 2 is 2.05 bits per heavy atom. The molecular formula is C15H14ClN3O. The van der Waals surface area contributed by atoms with E-state index in [0.29, 0.717) is 23.8 Å². The number of carbonyl (C=O) groups is 1. The molecule has 1 atom stereocenters. The van der Waals surface area contributed by atoms with Gasteiger partial charge in [-0.1, -0.05) is 35.9 Å². The lowest BCUT2D eigenvalue weighted by Gasteiger charge is -2.25. The maximum absolute atomic E-state index is 12.2. The summed E-state index contributed by atoms with van der Waals surface area (Å²) >= 11 is 5.77. The fourth-order valence-corrected chi connectivity index (χ4v) is 2.41. The molecule has 1 aromatic carbocycles. The maximum atomic E-state index is 12.2. The number of nitrogens with zero attached hydrogens (tertiary/aromatic N) is 1. The summed E-state index contributed by atoms with van der Waals surface area (Å²) in [6.45, 7) is 0.711. The fraction of sp³-hybridized carbons (Fsp3) is 0.200. The highest BCUT2D eigenvalue weighted by atomic mass is 35.5. The maximum Gasteiger partial charge on any atom is 0.243 e. The van der Waals surface area contributed by atoms with Crippen LogP contribution < -0.4 is 10.6 Å². The first-order valence-corrected chi connectivity index (χ1v) is 6.83. The van der Waals surface area contributed by atoms with Gasteiger partial charge in [-0.05, 0) is 29.7 Å². The summed E-state index contributed by atoms with van der Waals surface area (Å²) in [4.78, 5) is 16.3. The zero-order valence-electron chi connectivity index (χ0n) is 10.8. The fourth-order valence-electron chi connectivity index (χ4n) is 2.30. The quantitative estimate of drug-likeness (QED) is 0.892. The Hall–Kier alpha value is -1.91. The van der Waals surface area contributed by atoms with Crippen molar-refractivity contribution in [1.29, 1.82) is 0 Å². The first-order chi connectivity index (χ1) is 9.72. The van der Waals surface area contributed by atoms with Crippen molar-refractivity contribution in [2.45, 2.75) is 19.0 Å². The van der Waals surface area contributed by atoms with Crippen LogP contribution in [0.1, 0.15) is 11.1 Å². The Kier molecular flexibility index (Phi) is 3.67. The van der Waals surface area contributed by atoms with Crippen LogP contribution in [0, 0.1) is 0 Å². The van der Waals surface area contributed by atoms with Crippen molar-refractivity contribution >= 4 is 23.3 Å². The first kappa shape index (κ1) is 13.1. The third-order valence-corrected chi connectivity index (χ3v) is 3.60. The number of amides is 1. The molecule has 0 bridgehead atoms. The molecule has 0 aliphatic carbocycles. The highest BCUT2D eigenvalue weighted by molar-refractivity contribution is 6.30. The predicted octanol–water partition coefficient (Wildman–Crippen LogP) is 2.39. The highest BCUT2D eigenvalue weighted by Gasteiger charge is 2.23. The molecule has 0 fully saturated rings. The summed E-state index contributed by atoms with van der Waals surface area (Å²) < 4.78 is 0. The van der Waals surface area contributed by atoms with E-state index in [9.17, 15) is 4.79 Å². The van der Waals surface area contributed by atoms with E-state index in [2.05, 4.69) is 27.8 Å². The Bertz CT molecular complexity index is 627. The van der Waals surface area contributed by atoms with Crippen LogP contribution in [0.15, 0.2) is 42.6 Å². The van der Waals surface area contributed by atoms with Crippen LogP contribution in [0.4, 0.5) is 5.82 Å². The predicted molar refractivity (Wildman–Crippen MR) is 78.7 cm³/mol. The van der Waals surface area contributed by atoms with Gasteiger partial charge in [0.15, 0.2) is 0 Å². The summed E-state index contributed by atoms with van der Waals surface area (Å²) in [6.07, 6.45) is 2.20. The van der Waals surface area contributed by atoms with Crippen molar-refractivity contribution in [1.82, 2.24) is 10.3 Å². The number of anilines is 1. The van der Waals surface area contributed by atoms with Crippen molar-refractivity contribution in [2.75, 3.05) is 5.32 Å². The SMILES string of the molecule is O=C(Nc1ccc(Cl)cn1)[C@H]1Cc2ccccc2CN1. The van der Waals surface area contributed by atoms with E-state index in [1.807, 2.05) is 12.1 Å². The van der Waals surface area contributed by atoms with E-state index in [-0.39, 0.29) is 11.9 Å². The molecule has 1 amide bonds. The summed E-state index contributed by atoms with van der Waals surface area (Å²) in [7, 11) is 0. The van der Waals surface area contributed by atoms with Crippen molar-refractivity contribution in [3.8, 4) is 0 Å². The van der Waals surface area contributed by atoms with Crippen molar-refractivity contribution in [2.24, 2.45) is 0 Å². The lowest BCUT2D eigenvalue weighted by Crippen LogP contribution is -2.44. The summed E-state index contributed by atoms with van der Waals surface area (Å²) in [6, 6.07) is 11.3. The minimum absolute atomic E-state index is 0.0747. The molecule has 2 N–H and O–H groups in total. The van der Waals surface area contributed by atoms with Crippen molar-refractivity contribution < 1.29 is 4.79 Å². The van der Waals surface area contributed by atoms with Crippen LogP contribution in [-0.4, -0.2) is 16.9 Å². The van der Waals surface area contributed by atoms with E-state index in [1.165, 1.54) is 17.3 Å². The number of nitrogens with one attached hydrogen (secondary N) is 2. The van der Waals surface area contributed by atoms with E-state index in [1.54, 1.807) is 12.1 Å². The lowest BCUT2D eigenvalue weighted by molar-refractivity contribution is -0.118. The Morgan fingerprint density at radius 3 is 2.80 bits per heavy atom. The minimum atomic E-state index is -0.234. The number of halogens is 1. The lowest BCUT2D eigenvalue weighted by atomic mass is 9.95. The molecule has 2 aromatic rings. The molecule has 4 nitrogen and oxygen atoms in total. The molecule has 0 saturated heterocycles. The molecule has 2 heterocycles. The molecule has 102 valence electrons. The summed E-state index contributed by atoms with van der Waals surface area (Å²) in [5, 5.41) is 6.59. The van der Waals surface area contributed by atoms with Gasteiger partial charge in [0.1, 0.15) is 5.82 Å².